The molecular weight excluding hydrogens is 249 g/mol. The molecule has 0 atom stereocenters. The van der Waals surface area contributed by atoms with Crippen LogP contribution in [0.2, 0.25) is 0 Å². The van der Waals surface area contributed by atoms with Crippen molar-refractivity contribution in [1.29, 1.82) is 0 Å². The standard InChI is InChI=1S/C14H16FNO3/c1-4-19-14(17)6-9-8(2)16-12-7-11(15)13(18-3)5-10(9)12/h5,7,16H,4,6H2,1-3H3. The van der Waals surface area contributed by atoms with Gasteiger partial charge in [-0.1, -0.05) is 0 Å². The van der Waals surface area contributed by atoms with E-state index in [0.717, 1.165) is 16.6 Å². The third-order valence-electron chi connectivity index (χ3n) is 3.02. The van der Waals surface area contributed by atoms with Gasteiger partial charge in [0.05, 0.1) is 20.1 Å². The highest BCUT2D eigenvalue weighted by molar-refractivity contribution is 5.89. The number of carbonyl (C=O) groups is 1. The Balaban J connectivity index is 2.48. The molecule has 102 valence electrons. The molecule has 1 aromatic heterocycles. The van der Waals surface area contributed by atoms with Gasteiger partial charge in [-0.2, -0.15) is 0 Å². The second kappa shape index (κ2) is 5.30. The largest absolute Gasteiger partial charge is 0.494 e. The van der Waals surface area contributed by atoms with Crippen LogP contribution in [0.5, 0.6) is 5.75 Å². The Kier molecular flexibility index (Phi) is 3.74. The molecule has 5 heteroatoms. The molecule has 0 fully saturated rings. The lowest BCUT2D eigenvalue weighted by Crippen LogP contribution is -2.08. The number of H-pyrrole nitrogens is 1. The number of hydrogen-bond acceptors (Lipinski definition) is 3. The maximum Gasteiger partial charge on any atom is 0.310 e. The molecule has 0 radical (unpaired) electrons. The SMILES string of the molecule is CCOC(=O)Cc1c(C)[nH]c2cc(F)c(OC)cc12. The predicted octanol–water partition coefficient (Wildman–Crippen LogP) is 2.73. The number of aryl methyl sites for hydroxylation is 1. The summed E-state index contributed by atoms with van der Waals surface area (Å²) >= 11 is 0. The van der Waals surface area contributed by atoms with Crippen LogP contribution in [0.1, 0.15) is 18.2 Å². The summed E-state index contributed by atoms with van der Waals surface area (Å²) in [4.78, 5) is 14.6. The highest BCUT2D eigenvalue weighted by atomic mass is 19.1. The Labute approximate surface area is 110 Å². The average Bonchev–Trinajstić information content (AvgIpc) is 2.64. The monoisotopic (exact) mass is 265 g/mol. The molecule has 1 N–H and O–H groups in total. The molecule has 2 aromatic rings. The van der Waals surface area contributed by atoms with Crippen LogP contribution in [-0.2, 0) is 16.0 Å². The number of hydrogen-bond donors (Lipinski definition) is 1. The smallest absolute Gasteiger partial charge is 0.310 e. The third-order valence-corrected chi connectivity index (χ3v) is 3.02. The predicted molar refractivity (Wildman–Crippen MR) is 69.9 cm³/mol. The Morgan fingerprint density at radius 1 is 1.42 bits per heavy atom. The van der Waals surface area contributed by atoms with Crippen LogP contribution in [0.3, 0.4) is 0 Å². The van der Waals surface area contributed by atoms with Gasteiger partial charge in [-0.05, 0) is 25.5 Å². The number of nitrogens with one attached hydrogen (secondary N) is 1. The quantitative estimate of drug-likeness (QED) is 0.865. The van der Waals surface area contributed by atoms with Crippen LogP contribution in [-0.4, -0.2) is 24.7 Å². The number of rotatable bonds is 4. The first-order valence-corrected chi connectivity index (χ1v) is 6.07. The molecule has 19 heavy (non-hydrogen) atoms. The summed E-state index contributed by atoms with van der Waals surface area (Å²) in [5, 5.41) is 0.781. The number of ether oxygens (including phenoxy) is 2. The Morgan fingerprint density at radius 2 is 2.16 bits per heavy atom. The van der Waals surface area contributed by atoms with E-state index < -0.39 is 5.82 Å². The lowest BCUT2D eigenvalue weighted by molar-refractivity contribution is -0.142. The molecule has 0 aliphatic heterocycles. The first-order valence-electron chi connectivity index (χ1n) is 6.07. The van der Waals surface area contributed by atoms with Crippen molar-refractivity contribution in [2.75, 3.05) is 13.7 Å². The average molecular weight is 265 g/mol. The van der Waals surface area contributed by atoms with Gasteiger partial charge in [0.1, 0.15) is 0 Å². The van der Waals surface area contributed by atoms with Crippen LogP contribution in [0.15, 0.2) is 12.1 Å². The maximum atomic E-state index is 13.6. The number of methoxy groups -OCH3 is 1. The molecule has 0 aliphatic rings. The van der Waals surface area contributed by atoms with Gasteiger partial charge in [-0.25, -0.2) is 4.39 Å². The number of halogens is 1. The zero-order valence-electron chi connectivity index (χ0n) is 11.2. The van der Waals surface area contributed by atoms with E-state index in [9.17, 15) is 9.18 Å². The molecule has 0 bridgehead atoms. The minimum atomic E-state index is -0.432. The Morgan fingerprint density at radius 3 is 2.79 bits per heavy atom. The number of esters is 1. The fourth-order valence-electron chi connectivity index (χ4n) is 2.13. The lowest BCUT2D eigenvalue weighted by atomic mass is 10.1. The van der Waals surface area contributed by atoms with Crippen molar-refractivity contribution in [3.05, 3.63) is 29.2 Å². The normalized spacial score (nSPS) is 10.7. The minimum absolute atomic E-state index is 0.161. The molecule has 0 amide bonds. The van der Waals surface area contributed by atoms with Crippen LogP contribution in [0.25, 0.3) is 10.9 Å². The van der Waals surface area contributed by atoms with Crippen LogP contribution >= 0.6 is 0 Å². The van der Waals surface area contributed by atoms with Crippen molar-refractivity contribution in [3.8, 4) is 5.75 Å². The third kappa shape index (κ3) is 2.54. The second-order valence-corrected chi connectivity index (χ2v) is 4.24. The summed E-state index contributed by atoms with van der Waals surface area (Å²) in [7, 11) is 1.41. The minimum Gasteiger partial charge on any atom is -0.494 e. The summed E-state index contributed by atoms with van der Waals surface area (Å²) in [6.45, 7) is 3.95. The molecule has 1 aromatic carbocycles. The summed E-state index contributed by atoms with van der Waals surface area (Å²) in [6.07, 6.45) is 0.161. The van der Waals surface area contributed by atoms with Gasteiger partial charge in [-0.15, -0.1) is 0 Å². The van der Waals surface area contributed by atoms with Crippen LogP contribution in [0.4, 0.5) is 4.39 Å². The number of carbonyl (C=O) groups excluding carboxylic acids is 1. The first kappa shape index (κ1) is 13.4. The molecule has 0 aliphatic carbocycles. The number of aromatic amines is 1. The van der Waals surface area contributed by atoms with Crippen molar-refractivity contribution < 1.29 is 18.7 Å². The summed E-state index contributed by atoms with van der Waals surface area (Å²) < 4.78 is 23.5. The zero-order valence-corrected chi connectivity index (χ0v) is 11.2. The van der Waals surface area contributed by atoms with Gasteiger partial charge in [-0.3, -0.25) is 4.79 Å². The zero-order chi connectivity index (χ0) is 14.0. The summed E-state index contributed by atoms with van der Waals surface area (Å²) in [6, 6.07) is 2.97. The highest BCUT2D eigenvalue weighted by Gasteiger charge is 2.15. The molecule has 2 rings (SSSR count). The fourth-order valence-corrected chi connectivity index (χ4v) is 2.13. The molecule has 0 spiro atoms. The van der Waals surface area contributed by atoms with E-state index in [1.165, 1.54) is 13.2 Å². The fraction of sp³-hybridized carbons (Fsp3) is 0.357. The van der Waals surface area contributed by atoms with Gasteiger partial charge < -0.3 is 14.5 Å². The Bertz CT molecular complexity index is 619. The van der Waals surface area contributed by atoms with Gasteiger partial charge in [0.2, 0.25) is 0 Å². The molecular formula is C14H16FNO3. The van der Waals surface area contributed by atoms with E-state index in [1.807, 2.05) is 6.92 Å². The number of benzene rings is 1. The van der Waals surface area contributed by atoms with E-state index in [4.69, 9.17) is 9.47 Å². The topological polar surface area (TPSA) is 51.3 Å². The lowest BCUT2D eigenvalue weighted by Gasteiger charge is -2.04. The first-order chi connectivity index (χ1) is 9.06. The maximum absolute atomic E-state index is 13.6. The van der Waals surface area contributed by atoms with Gasteiger partial charge >= 0.3 is 5.97 Å². The number of aromatic nitrogens is 1. The van der Waals surface area contributed by atoms with E-state index in [2.05, 4.69) is 4.98 Å². The van der Waals surface area contributed by atoms with Crippen molar-refractivity contribution in [2.24, 2.45) is 0 Å². The molecule has 1 heterocycles. The van der Waals surface area contributed by atoms with Gasteiger partial charge in [0.25, 0.3) is 0 Å². The van der Waals surface area contributed by atoms with Gasteiger partial charge in [0.15, 0.2) is 11.6 Å². The molecule has 0 saturated carbocycles. The van der Waals surface area contributed by atoms with E-state index in [1.54, 1.807) is 13.0 Å². The molecule has 4 nitrogen and oxygen atoms in total. The molecule has 0 saturated heterocycles. The van der Waals surface area contributed by atoms with Crippen molar-refractivity contribution in [1.82, 2.24) is 4.98 Å². The summed E-state index contributed by atoms with van der Waals surface area (Å²) in [5.74, 6) is -0.565. The second-order valence-electron chi connectivity index (χ2n) is 4.24. The summed E-state index contributed by atoms with van der Waals surface area (Å²) in [5.41, 5.74) is 2.29. The van der Waals surface area contributed by atoms with Crippen LogP contribution < -0.4 is 4.74 Å². The van der Waals surface area contributed by atoms with E-state index in [-0.39, 0.29) is 18.1 Å². The molecule has 0 unspecified atom stereocenters. The van der Waals surface area contributed by atoms with Crippen molar-refractivity contribution in [2.45, 2.75) is 20.3 Å². The van der Waals surface area contributed by atoms with Crippen LogP contribution in [0, 0.1) is 12.7 Å². The highest BCUT2D eigenvalue weighted by Crippen LogP contribution is 2.29. The van der Waals surface area contributed by atoms with Crippen molar-refractivity contribution >= 4 is 16.9 Å². The Hall–Kier alpha value is -2.04. The van der Waals surface area contributed by atoms with E-state index >= 15 is 0 Å². The van der Waals surface area contributed by atoms with E-state index in [0.29, 0.717) is 12.1 Å². The van der Waals surface area contributed by atoms with Gasteiger partial charge in [0, 0.05) is 22.7 Å². The van der Waals surface area contributed by atoms with Crippen molar-refractivity contribution in [3.63, 3.8) is 0 Å². The number of fused-ring (bicyclic) bond motifs is 1.